The van der Waals surface area contributed by atoms with Gasteiger partial charge in [0, 0.05) is 17.0 Å². The zero-order valence-corrected chi connectivity index (χ0v) is 7.90. The molecule has 0 aliphatic carbocycles. The normalized spacial score (nSPS) is 8.83. The highest BCUT2D eigenvalue weighted by molar-refractivity contribution is 5.95. The van der Waals surface area contributed by atoms with Crippen molar-refractivity contribution >= 4 is 18.2 Å². The average Bonchev–Trinajstić information content (AvgIpc) is 1.85. The van der Waals surface area contributed by atoms with Gasteiger partial charge >= 0.3 is 0 Å². The molecule has 3 nitrogen and oxygen atoms in total. The van der Waals surface area contributed by atoms with Crippen LogP contribution in [0.1, 0.15) is 17.0 Å². The van der Waals surface area contributed by atoms with Gasteiger partial charge in [-0.25, -0.2) is 0 Å². The van der Waals surface area contributed by atoms with Crippen molar-refractivity contribution in [2.75, 3.05) is 0 Å². The highest BCUT2D eigenvalue weighted by Crippen LogP contribution is 2.03. The quantitative estimate of drug-likeness (QED) is 0.513. The van der Waals surface area contributed by atoms with Gasteiger partial charge in [-0.05, 0) is 26.0 Å². The molecule has 0 radical (unpaired) electrons. The van der Waals surface area contributed by atoms with Crippen LogP contribution in [0.4, 0.5) is 0 Å². The Kier molecular flexibility index (Phi) is 3.70. The number of nitrogens with zero attached hydrogens (tertiary/aromatic N) is 1. The van der Waals surface area contributed by atoms with E-state index in [1.54, 1.807) is 12.1 Å². The van der Waals surface area contributed by atoms with Crippen molar-refractivity contribution in [2.45, 2.75) is 13.8 Å². The third kappa shape index (κ3) is 2.51. The summed E-state index contributed by atoms with van der Waals surface area (Å²) in [6.07, 6.45) is 0. The van der Waals surface area contributed by atoms with Crippen molar-refractivity contribution in [3.63, 3.8) is 0 Å². The summed E-state index contributed by atoms with van der Waals surface area (Å²) in [5, 5.41) is 7.18. The highest BCUT2D eigenvalue weighted by atomic mass is 35.5. The van der Waals surface area contributed by atoms with Crippen molar-refractivity contribution < 1.29 is 0 Å². The van der Waals surface area contributed by atoms with Crippen molar-refractivity contribution in [3.8, 4) is 0 Å². The van der Waals surface area contributed by atoms with Crippen LogP contribution in [0.3, 0.4) is 0 Å². The standard InChI is InChI=1S/C8H11N3.ClH/c1-5-3-7(8(9)10)4-6(2)11-5;/h3-4H,1-2H3,(H3,9,10);1H. The minimum Gasteiger partial charge on any atom is -0.384 e. The van der Waals surface area contributed by atoms with Crippen molar-refractivity contribution in [2.24, 2.45) is 5.73 Å². The lowest BCUT2D eigenvalue weighted by Gasteiger charge is -2.00. The van der Waals surface area contributed by atoms with Gasteiger partial charge in [0.05, 0.1) is 0 Å². The summed E-state index contributed by atoms with van der Waals surface area (Å²) in [7, 11) is 0. The molecule has 0 aliphatic heterocycles. The number of pyridine rings is 1. The number of hydrogen-bond acceptors (Lipinski definition) is 2. The van der Waals surface area contributed by atoms with Gasteiger partial charge in [-0.15, -0.1) is 12.4 Å². The molecular formula is C8H12ClN3. The predicted octanol–water partition coefficient (Wildman–Crippen LogP) is 1.40. The maximum atomic E-state index is 7.18. The molecule has 0 aliphatic rings. The molecule has 0 saturated heterocycles. The molecule has 1 aromatic rings. The molecule has 0 amide bonds. The zero-order chi connectivity index (χ0) is 8.43. The van der Waals surface area contributed by atoms with Crippen LogP contribution in [0.5, 0.6) is 0 Å². The monoisotopic (exact) mass is 185 g/mol. The van der Waals surface area contributed by atoms with E-state index in [1.807, 2.05) is 13.8 Å². The lowest BCUT2D eigenvalue weighted by molar-refractivity contribution is 1.12. The maximum absolute atomic E-state index is 7.18. The van der Waals surface area contributed by atoms with Gasteiger partial charge in [-0.1, -0.05) is 0 Å². The molecule has 0 saturated carbocycles. The summed E-state index contributed by atoms with van der Waals surface area (Å²) < 4.78 is 0. The Bertz CT molecular complexity index is 276. The fraction of sp³-hybridized carbons (Fsp3) is 0.250. The second-order valence-electron chi connectivity index (χ2n) is 2.55. The first-order valence-corrected chi connectivity index (χ1v) is 3.39. The Hall–Kier alpha value is -1.09. The minimum atomic E-state index is 0. The molecule has 0 unspecified atom stereocenters. The highest BCUT2D eigenvalue weighted by Gasteiger charge is 1.98. The van der Waals surface area contributed by atoms with Crippen LogP contribution in [-0.4, -0.2) is 10.8 Å². The maximum Gasteiger partial charge on any atom is 0.122 e. The molecule has 0 spiro atoms. The van der Waals surface area contributed by atoms with E-state index in [2.05, 4.69) is 4.98 Å². The lowest BCUT2D eigenvalue weighted by Crippen LogP contribution is -2.11. The summed E-state index contributed by atoms with van der Waals surface area (Å²) in [5.74, 6) is 0.0959. The van der Waals surface area contributed by atoms with E-state index in [4.69, 9.17) is 11.1 Å². The molecule has 1 rings (SSSR count). The van der Waals surface area contributed by atoms with Crippen LogP contribution >= 0.6 is 12.4 Å². The number of amidine groups is 1. The van der Waals surface area contributed by atoms with Gasteiger partial charge in [0.25, 0.3) is 0 Å². The Balaban J connectivity index is 0.00000121. The molecule has 1 aromatic heterocycles. The van der Waals surface area contributed by atoms with E-state index in [0.717, 1.165) is 17.0 Å². The number of nitrogen functional groups attached to an aromatic ring is 1. The first-order chi connectivity index (χ1) is 5.09. The SMILES string of the molecule is Cc1cc(C(=N)N)cc(C)n1.Cl. The molecule has 66 valence electrons. The van der Waals surface area contributed by atoms with Crippen molar-refractivity contribution in [3.05, 3.63) is 29.1 Å². The van der Waals surface area contributed by atoms with Crippen LogP contribution in [0.2, 0.25) is 0 Å². The van der Waals surface area contributed by atoms with Gasteiger partial charge in [-0.2, -0.15) is 0 Å². The van der Waals surface area contributed by atoms with Crippen molar-refractivity contribution in [1.29, 1.82) is 5.41 Å². The summed E-state index contributed by atoms with van der Waals surface area (Å²) in [5.41, 5.74) is 7.85. The van der Waals surface area contributed by atoms with Gasteiger partial charge in [0.15, 0.2) is 0 Å². The molecule has 3 N–H and O–H groups in total. The molecule has 12 heavy (non-hydrogen) atoms. The van der Waals surface area contributed by atoms with Crippen LogP contribution in [0, 0.1) is 19.3 Å². The van der Waals surface area contributed by atoms with E-state index in [9.17, 15) is 0 Å². The van der Waals surface area contributed by atoms with Crippen LogP contribution in [0.15, 0.2) is 12.1 Å². The second-order valence-corrected chi connectivity index (χ2v) is 2.55. The number of nitrogens with one attached hydrogen (secondary N) is 1. The van der Waals surface area contributed by atoms with Crippen LogP contribution in [0.25, 0.3) is 0 Å². The smallest absolute Gasteiger partial charge is 0.122 e. The molecule has 4 heteroatoms. The summed E-state index contributed by atoms with van der Waals surface area (Å²) in [4.78, 5) is 4.16. The van der Waals surface area contributed by atoms with E-state index >= 15 is 0 Å². The Labute approximate surface area is 77.9 Å². The summed E-state index contributed by atoms with van der Waals surface area (Å²) >= 11 is 0. The van der Waals surface area contributed by atoms with Gasteiger partial charge in [-0.3, -0.25) is 10.4 Å². The summed E-state index contributed by atoms with van der Waals surface area (Å²) in [6.45, 7) is 3.78. The number of aryl methyl sites for hydroxylation is 2. The molecule has 1 heterocycles. The van der Waals surface area contributed by atoms with Crippen LogP contribution < -0.4 is 5.73 Å². The third-order valence-electron chi connectivity index (χ3n) is 1.39. The molecule has 0 atom stereocenters. The Morgan fingerprint density at radius 1 is 1.33 bits per heavy atom. The fourth-order valence-electron chi connectivity index (χ4n) is 0.990. The summed E-state index contributed by atoms with van der Waals surface area (Å²) in [6, 6.07) is 3.60. The van der Waals surface area contributed by atoms with E-state index in [1.165, 1.54) is 0 Å². The zero-order valence-electron chi connectivity index (χ0n) is 7.09. The Morgan fingerprint density at radius 2 is 1.75 bits per heavy atom. The van der Waals surface area contributed by atoms with Crippen LogP contribution in [-0.2, 0) is 0 Å². The largest absolute Gasteiger partial charge is 0.384 e. The number of halogens is 1. The lowest BCUT2D eigenvalue weighted by atomic mass is 10.2. The average molecular weight is 186 g/mol. The minimum absolute atomic E-state index is 0. The number of nitrogens with two attached hydrogens (primary N) is 1. The van der Waals surface area contributed by atoms with E-state index in [0.29, 0.717) is 0 Å². The predicted molar refractivity (Wildman–Crippen MR) is 52.0 cm³/mol. The Morgan fingerprint density at radius 3 is 2.08 bits per heavy atom. The number of rotatable bonds is 1. The number of hydrogen-bond donors (Lipinski definition) is 2. The number of aromatic nitrogens is 1. The van der Waals surface area contributed by atoms with Gasteiger partial charge < -0.3 is 5.73 Å². The topological polar surface area (TPSA) is 62.8 Å². The molecule has 0 aromatic carbocycles. The molecule has 0 fully saturated rings. The van der Waals surface area contributed by atoms with E-state index < -0.39 is 0 Å². The second kappa shape index (κ2) is 4.07. The van der Waals surface area contributed by atoms with Gasteiger partial charge in [0.1, 0.15) is 5.84 Å². The third-order valence-corrected chi connectivity index (χ3v) is 1.39. The first kappa shape index (κ1) is 10.9. The van der Waals surface area contributed by atoms with Gasteiger partial charge in [0.2, 0.25) is 0 Å². The molecule has 0 bridgehead atoms. The first-order valence-electron chi connectivity index (χ1n) is 3.39. The van der Waals surface area contributed by atoms with Crippen molar-refractivity contribution in [1.82, 2.24) is 4.98 Å². The van der Waals surface area contributed by atoms with E-state index in [-0.39, 0.29) is 18.2 Å². The molecular weight excluding hydrogens is 174 g/mol. The fourth-order valence-corrected chi connectivity index (χ4v) is 0.990.